The van der Waals surface area contributed by atoms with Crippen LogP contribution in [0.1, 0.15) is 0 Å². The van der Waals surface area contributed by atoms with E-state index in [1.807, 2.05) is 0 Å². The minimum atomic E-state index is -0.250. The molecule has 0 heterocycles. The minimum absolute atomic E-state index is 0.0637. The van der Waals surface area contributed by atoms with Gasteiger partial charge < -0.3 is 14.7 Å². The van der Waals surface area contributed by atoms with Crippen molar-refractivity contribution in [2.45, 2.75) is 0 Å². The molecule has 0 atom stereocenters. The zero-order valence-corrected chi connectivity index (χ0v) is 7.00. The molecule has 0 fully saturated rings. The summed E-state index contributed by atoms with van der Waals surface area (Å²) in [4.78, 5) is 12.2. The first-order valence-electron chi connectivity index (χ1n) is 3.17. The van der Waals surface area contributed by atoms with Gasteiger partial charge in [0.05, 0.1) is 0 Å². The maximum atomic E-state index is 10.9. The Labute approximate surface area is 66.1 Å². The van der Waals surface area contributed by atoms with Gasteiger partial charge in [-0.15, -0.1) is 0 Å². The molecular weight excluding hydrogens is 146 g/mol. The summed E-state index contributed by atoms with van der Waals surface area (Å²) in [6, 6.07) is 0. The summed E-state index contributed by atoms with van der Waals surface area (Å²) in [5.41, 5.74) is 0. The molecule has 0 bridgehead atoms. The van der Waals surface area contributed by atoms with Gasteiger partial charge in [-0.05, 0) is 0 Å². The van der Waals surface area contributed by atoms with E-state index in [1.54, 1.807) is 14.1 Å². The molecule has 0 aliphatic carbocycles. The van der Waals surface area contributed by atoms with Crippen molar-refractivity contribution in [2.24, 2.45) is 0 Å². The number of rotatable bonds is 3. The molecule has 64 valence electrons. The first kappa shape index (κ1) is 9.97. The summed E-state index contributed by atoms with van der Waals surface area (Å²) in [7, 11) is 4.67. The lowest BCUT2D eigenvalue weighted by Crippen LogP contribution is -2.19. The summed E-state index contributed by atoms with van der Waals surface area (Å²) in [6.07, 6.45) is 1.13. The molecule has 11 heavy (non-hydrogen) atoms. The maximum Gasteiger partial charge on any atom is 0.249 e. The van der Waals surface area contributed by atoms with Gasteiger partial charge >= 0.3 is 0 Å². The molecule has 4 heteroatoms. The van der Waals surface area contributed by atoms with Crippen LogP contribution < -0.4 is 0 Å². The van der Waals surface area contributed by atoms with Crippen molar-refractivity contribution >= 4 is 5.91 Å². The van der Waals surface area contributed by atoms with Crippen LogP contribution in [0.4, 0.5) is 0 Å². The summed E-state index contributed by atoms with van der Waals surface area (Å²) in [5, 5.41) is 8.96. The van der Waals surface area contributed by atoms with Gasteiger partial charge in [-0.25, -0.2) is 0 Å². The van der Waals surface area contributed by atoms with E-state index in [2.05, 4.69) is 4.74 Å². The topological polar surface area (TPSA) is 49.8 Å². The third kappa shape index (κ3) is 4.38. The summed E-state index contributed by atoms with van der Waals surface area (Å²) >= 11 is 0. The Morgan fingerprint density at radius 3 is 2.55 bits per heavy atom. The van der Waals surface area contributed by atoms with Gasteiger partial charge in [0, 0.05) is 27.3 Å². The van der Waals surface area contributed by atoms with Crippen LogP contribution in [0.15, 0.2) is 11.8 Å². The van der Waals surface area contributed by atoms with Crippen LogP contribution in [0.5, 0.6) is 0 Å². The molecule has 0 saturated carbocycles. The number of nitrogens with zero attached hydrogens (tertiary/aromatic N) is 1. The summed E-state index contributed by atoms with van der Waals surface area (Å²) in [6.45, 7) is 0.0690. The van der Waals surface area contributed by atoms with Crippen LogP contribution in [-0.4, -0.2) is 43.7 Å². The standard InChI is InChI=1S/C7H13NO3/c1-8(2)7(10)4-6(9)5-11-3/h4,9H,5H2,1-3H3. The van der Waals surface area contributed by atoms with Crippen molar-refractivity contribution in [2.75, 3.05) is 27.8 Å². The Kier molecular flexibility index (Phi) is 4.29. The number of aliphatic hydroxyl groups is 1. The first-order chi connectivity index (χ1) is 5.07. The number of hydrogen-bond donors (Lipinski definition) is 1. The number of methoxy groups -OCH3 is 1. The number of ether oxygens (including phenoxy) is 1. The predicted octanol–water partition coefficient (Wildman–Crippen LogP) is 0.163. The molecule has 0 aromatic heterocycles. The van der Waals surface area contributed by atoms with Crippen LogP contribution in [-0.2, 0) is 9.53 Å². The fourth-order valence-corrected chi connectivity index (χ4v) is 0.461. The highest BCUT2D eigenvalue weighted by atomic mass is 16.5. The Bertz CT molecular complexity index is 163. The van der Waals surface area contributed by atoms with Gasteiger partial charge in [0.25, 0.3) is 0 Å². The number of carbonyl (C=O) groups is 1. The minimum Gasteiger partial charge on any atom is -0.510 e. The molecule has 0 unspecified atom stereocenters. The van der Waals surface area contributed by atoms with E-state index in [0.29, 0.717) is 0 Å². The van der Waals surface area contributed by atoms with Crippen molar-refractivity contribution in [3.05, 3.63) is 11.8 Å². The van der Waals surface area contributed by atoms with E-state index in [0.717, 1.165) is 6.08 Å². The fraction of sp³-hybridized carbons (Fsp3) is 0.571. The first-order valence-corrected chi connectivity index (χ1v) is 3.17. The highest BCUT2D eigenvalue weighted by molar-refractivity contribution is 5.87. The predicted molar refractivity (Wildman–Crippen MR) is 41.3 cm³/mol. The Morgan fingerprint density at radius 1 is 1.64 bits per heavy atom. The molecular formula is C7H13NO3. The third-order valence-corrected chi connectivity index (χ3v) is 1.02. The second kappa shape index (κ2) is 4.73. The number of likely N-dealkylation sites (N-methyl/N-ethyl adjacent to an activating group) is 1. The number of carbonyl (C=O) groups excluding carboxylic acids is 1. The van der Waals surface area contributed by atoms with Crippen molar-refractivity contribution in [1.82, 2.24) is 4.90 Å². The Hall–Kier alpha value is -1.03. The van der Waals surface area contributed by atoms with E-state index in [1.165, 1.54) is 12.0 Å². The molecule has 0 aromatic rings. The smallest absolute Gasteiger partial charge is 0.249 e. The molecule has 0 spiro atoms. The maximum absolute atomic E-state index is 10.9. The average molecular weight is 159 g/mol. The zero-order chi connectivity index (χ0) is 8.85. The quantitative estimate of drug-likeness (QED) is 0.471. The number of amides is 1. The fourth-order valence-electron chi connectivity index (χ4n) is 0.461. The van der Waals surface area contributed by atoms with E-state index in [-0.39, 0.29) is 18.3 Å². The zero-order valence-electron chi connectivity index (χ0n) is 7.00. The van der Waals surface area contributed by atoms with Crippen molar-refractivity contribution in [3.63, 3.8) is 0 Å². The van der Waals surface area contributed by atoms with Gasteiger partial charge in [-0.3, -0.25) is 4.79 Å². The normalized spacial score (nSPS) is 11.4. The molecule has 0 aliphatic heterocycles. The van der Waals surface area contributed by atoms with Gasteiger partial charge in [0.15, 0.2) is 0 Å². The molecule has 4 nitrogen and oxygen atoms in total. The van der Waals surface area contributed by atoms with Crippen LogP contribution in [0.2, 0.25) is 0 Å². The van der Waals surface area contributed by atoms with E-state index in [9.17, 15) is 4.79 Å². The molecule has 0 rings (SSSR count). The van der Waals surface area contributed by atoms with Gasteiger partial charge in [-0.2, -0.15) is 0 Å². The van der Waals surface area contributed by atoms with Crippen molar-refractivity contribution in [3.8, 4) is 0 Å². The summed E-state index contributed by atoms with van der Waals surface area (Å²) < 4.78 is 4.60. The van der Waals surface area contributed by atoms with E-state index < -0.39 is 0 Å². The van der Waals surface area contributed by atoms with Crippen molar-refractivity contribution in [1.29, 1.82) is 0 Å². The lowest BCUT2D eigenvalue weighted by atomic mass is 10.4. The Balaban J connectivity index is 3.97. The SMILES string of the molecule is COCC(O)=CC(=O)N(C)C. The van der Waals surface area contributed by atoms with Crippen LogP contribution in [0.3, 0.4) is 0 Å². The molecule has 1 N–H and O–H groups in total. The molecule has 1 amide bonds. The van der Waals surface area contributed by atoms with Crippen LogP contribution in [0.25, 0.3) is 0 Å². The van der Waals surface area contributed by atoms with Crippen LogP contribution in [0, 0.1) is 0 Å². The molecule has 0 aliphatic rings. The van der Waals surface area contributed by atoms with Gasteiger partial charge in [-0.1, -0.05) is 0 Å². The Morgan fingerprint density at radius 2 is 2.18 bits per heavy atom. The highest BCUT2D eigenvalue weighted by Gasteiger charge is 2.00. The number of hydrogen-bond acceptors (Lipinski definition) is 3. The monoisotopic (exact) mass is 159 g/mol. The number of aliphatic hydroxyl groups excluding tert-OH is 1. The van der Waals surface area contributed by atoms with E-state index in [4.69, 9.17) is 5.11 Å². The second-order valence-electron chi connectivity index (χ2n) is 2.30. The highest BCUT2D eigenvalue weighted by Crippen LogP contribution is 1.90. The van der Waals surface area contributed by atoms with Crippen LogP contribution >= 0.6 is 0 Å². The largest absolute Gasteiger partial charge is 0.510 e. The second-order valence-corrected chi connectivity index (χ2v) is 2.30. The molecule has 0 saturated heterocycles. The average Bonchev–Trinajstić information content (AvgIpc) is 1.87. The lowest BCUT2D eigenvalue weighted by molar-refractivity contribution is -0.123. The van der Waals surface area contributed by atoms with Gasteiger partial charge in [0.2, 0.25) is 5.91 Å². The summed E-state index contributed by atoms with van der Waals surface area (Å²) in [5.74, 6) is -0.314. The third-order valence-electron chi connectivity index (χ3n) is 1.02. The van der Waals surface area contributed by atoms with E-state index >= 15 is 0 Å². The lowest BCUT2D eigenvalue weighted by Gasteiger charge is -2.06. The molecule has 0 aromatic carbocycles. The van der Waals surface area contributed by atoms with Crippen molar-refractivity contribution < 1.29 is 14.6 Å². The van der Waals surface area contributed by atoms with Gasteiger partial charge in [0.1, 0.15) is 12.4 Å². The molecule has 0 radical (unpaired) electrons.